The normalized spacial score (nSPS) is 20.4. The lowest BCUT2D eigenvalue weighted by Crippen LogP contribution is -2.29. The van der Waals surface area contributed by atoms with E-state index in [0.29, 0.717) is 18.2 Å². The molecule has 1 amide bonds. The summed E-state index contributed by atoms with van der Waals surface area (Å²) >= 11 is 0. The zero-order valence-corrected chi connectivity index (χ0v) is 9.59. The third-order valence-electron chi connectivity index (χ3n) is 3.08. The summed E-state index contributed by atoms with van der Waals surface area (Å²) < 4.78 is 1.65. The molecule has 1 unspecified atom stereocenters. The van der Waals surface area contributed by atoms with Crippen LogP contribution in [0.15, 0.2) is 12.3 Å². The summed E-state index contributed by atoms with van der Waals surface area (Å²) in [5.41, 5.74) is 6.06. The summed E-state index contributed by atoms with van der Waals surface area (Å²) in [5, 5.41) is 4.13. The fourth-order valence-corrected chi connectivity index (χ4v) is 2.18. The number of aromatic nitrogens is 2. The highest BCUT2D eigenvalue weighted by atomic mass is 16.2. The van der Waals surface area contributed by atoms with Gasteiger partial charge in [-0.15, -0.1) is 0 Å². The van der Waals surface area contributed by atoms with Gasteiger partial charge in [0.05, 0.1) is 0 Å². The van der Waals surface area contributed by atoms with Crippen molar-refractivity contribution in [2.75, 3.05) is 19.6 Å². The van der Waals surface area contributed by atoms with Crippen LogP contribution in [-0.2, 0) is 7.05 Å². The molecule has 16 heavy (non-hydrogen) atoms. The van der Waals surface area contributed by atoms with Crippen LogP contribution in [-0.4, -0.2) is 40.2 Å². The van der Waals surface area contributed by atoms with E-state index in [1.807, 2.05) is 11.9 Å². The van der Waals surface area contributed by atoms with Crippen molar-refractivity contribution in [1.82, 2.24) is 14.7 Å². The molecule has 0 saturated carbocycles. The van der Waals surface area contributed by atoms with Crippen molar-refractivity contribution in [1.29, 1.82) is 0 Å². The lowest BCUT2D eigenvalue weighted by atomic mass is 10.1. The van der Waals surface area contributed by atoms with Crippen LogP contribution < -0.4 is 5.73 Å². The van der Waals surface area contributed by atoms with Gasteiger partial charge in [-0.2, -0.15) is 5.10 Å². The molecule has 1 aromatic heterocycles. The number of nitrogens with zero attached hydrogens (tertiary/aromatic N) is 3. The van der Waals surface area contributed by atoms with Crippen LogP contribution in [0.1, 0.15) is 23.3 Å². The first-order chi connectivity index (χ1) is 7.70. The molecular weight excluding hydrogens is 204 g/mol. The number of carbonyl (C=O) groups excluding carboxylic acids is 1. The summed E-state index contributed by atoms with van der Waals surface area (Å²) in [6, 6.07) is 1.76. The summed E-state index contributed by atoms with van der Waals surface area (Å²) in [6.07, 6.45) is 3.86. The van der Waals surface area contributed by atoms with Gasteiger partial charge in [-0.25, -0.2) is 0 Å². The summed E-state index contributed by atoms with van der Waals surface area (Å²) in [5.74, 6) is 0.609. The molecule has 0 aliphatic carbocycles. The van der Waals surface area contributed by atoms with Crippen molar-refractivity contribution in [3.8, 4) is 0 Å². The third-order valence-corrected chi connectivity index (χ3v) is 3.08. The van der Waals surface area contributed by atoms with Gasteiger partial charge in [0.25, 0.3) is 5.91 Å². The second kappa shape index (κ2) is 4.65. The largest absolute Gasteiger partial charge is 0.337 e. The van der Waals surface area contributed by atoms with Gasteiger partial charge in [0.1, 0.15) is 5.69 Å². The lowest BCUT2D eigenvalue weighted by molar-refractivity contribution is 0.0780. The van der Waals surface area contributed by atoms with Crippen LogP contribution in [0.3, 0.4) is 0 Å². The molecule has 1 aromatic rings. The molecule has 2 heterocycles. The highest BCUT2D eigenvalue weighted by Gasteiger charge is 2.27. The first kappa shape index (κ1) is 11.1. The number of hydrogen-bond acceptors (Lipinski definition) is 3. The summed E-state index contributed by atoms with van der Waals surface area (Å²) in [7, 11) is 1.82. The van der Waals surface area contributed by atoms with Gasteiger partial charge in [-0.3, -0.25) is 9.48 Å². The fraction of sp³-hybridized carbons (Fsp3) is 0.636. The maximum Gasteiger partial charge on any atom is 0.274 e. The van der Waals surface area contributed by atoms with E-state index in [9.17, 15) is 4.79 Å². The minimum atomic E-state index is 0.0418. The highest BCUT2D eigenvalue weighted by molar-refractivity contribution is 5.92. The van der Waals surface area contributed by atoms with E-state index in [-0.39, 0.29) is 5.91 Å². The Morgan fingerprint density at radius 1 is 1.69 bits per heavy atom. The van der Waals surface area contributed by atoms with E-state index < -0.39 is 0 Å². The van der Waals surface area contributed by atoms with Gasteiger partial charge < -0.3 is 10.6 Å². The summed E-state index contributed by atoms with van der Waals surface area (Å²) in [6.45, 7) is 2.36. The predicted octanol–water partition coefficient (Wildman–Crippen LogP) is 0.231. The lowest BCUT2D eigenvalue weighted by Gasteiger charge is -2.14. The standard InChI is InChI=1S/C11H18N4O/c1-14-6-4-10(13-14)11(16)15-7-3-9(8-15)2-5-12/h4,6,9H,2-3,5,7-8,12H2,1H3. The molecule has 1 fully saturated rings. The van der Waals surface area contributed by atoms with E-state index >= 15 is 0 Å². The molecule has 1 saturated heterocycles. The minimum Gasteiger partial charge on any atom is -0.337 e. The average Bonchev–Trinajstić information content (AvgIpc) is 2.87. The van der Waals surface area contributed by atoms with Crippen molar-refractivity contribution in [2.45, 2.75) is 12.8 Å². The maximum absolute atomic E-state index is 12.0. The number of aryl methyl sites for hydroxylation is 1. The second-order valence-electron chi connectivity index (χ2n) is 4.36. The molecule has 5 heteroatoms. The number of nitrogens with two attached hydrogens (primary N) is 1. The first-order valence-corrected chi connectivity index (χ1v) is 5.69. The van der Waals surface area contributed by atoms with Gasteiger partial charge >= 0.3 is 0 Å². The van der Waals surface area contributed by atoms with E-state index in [2.05, 4.69) is 5.10 Å². The van der Waals surface area contributed by atoms with Crippen molar-refractivity contribution in [3.63, 3.8) is 0 Å². The van der Waals surface area contributed by atoms with Crippen LogP contribution >= 0.6 is 0 Å². The Labute approximate surface area is 95.2 Å². The average molecular weight is 222 g/mol. The van der Waals surface area contributed by atoms with Crippen molar-refractivity contribution in [2.24, 2.45) is 18.7 Å². The van der Waals surface area contributed by atoms with E-state index in [1.165, 1.54) is 0 Å². The third kappa shape index (κ3) is 2.24. The van der Waals surface area contributed by atoms with Gasteiger partial charge in [-0.05, 0) is 31.4 Å². The number of likely N-dealkylation sites (tertiary alicyclic amines) is 1. The molecule has 1 aliphatic heterocycles. The van der Waals surface area contributed by atoms with Crippen molar-refractivity contribution in [3.05, 3.63) is 18.0 Å². The van der Waals surface area contributed by atoms with Gasteiger partial charge in [0.2, 0.25) is 0 Å². The fourth-order valence-electron chi connectivity index (χ4n) is 2.18. The molecule has 2 rings (SSSR count). The first-order valence-electron chi connectivity index (χ1n) is 5.69. The van der Waals surface area contributed by atoms with Crippen LogP contribution in [0.25, 0.3) is 0 Å². The smallest absolute Gasteiger partial charge is 0.274 e. The summed E-state index contributed by atoms with van der Waals surface area (Å²) in [4.78, 5) is 13.9. The van der Waals surface area contributed by atoms with Gasteiger partial charge in [0, 0.05) is 26.3 Å². The van der Waals surface area contributed by atoms with Crippen LogP contribution in [0, 0.1) is 5.92 Å². The zero-order valence-electron chi connectivity index (χ0n) is 9.59. The molecule has 0 radical (unpaired) electrons. The molecule has 1 aliphatic rings. The number of hydrogen-bond donors (Lipinski definition) is 1. The van der Waals surface area contributed by atoms with E-state index in [1.54, 1.807) is 16.9 Å². The number of carbonyl (C=O) groups is 1. The van der Waals surface area contributed by atoms with Crippen molar-refractivity contribution < 1.29 is 4.79 Å². The molecule has 5 nitrogen and oxygen atoms in total. The van der Waals surface area contributed by atoms with Crippen LogP contribution in [0.4, 0.5) is 0 Å². The molecule has 88 valence electrons. The van der Waals surface area contributed by atoms with Crippen LogP contribution in [0.2, 0.25) is 0 Å². The second-order valence-corrected chi connectivity index (χ2v) is 4.36. The van der Waals surface area contributed by atoms with E-state index in [4.69, 9.17) is 5.73 Å². The Morgan fingerprint density at radius 3 is 3.12 bits per heavy atom. The maximum atomic E-state index is 12.0. The Morgan fingerprint density at radius 2 is 2.50 bits per heavy atom. The van der Waals surface area contributed by atoms with E-state index in [0.717, 1.165) is 25.9 Å². The quantitative estimate of drug-likeness (QED) is 0.796. The molecule has 0 aromatic carbocycles. The Hall–Kier alpha value is -1.36. The van der Waals surface area contributed by atoms with Gasteiger partial charge in [-0.1, -0.05) is 0 Å². The molecule has 0 bridgehead atoms. The Balaban J connectivity index is 1.97. The zero-order chi connectivity index (χ0) is 11.5. The SMILES string of the molecule is Cn1ccc(C(=O)N2CCC(CCN)C2)n1. The number of rotatable bonds is 3. The van der Waals surface area contributed by atoms with Gasteiger partial charge in [0.15, 0.2) is 0 Å². The molecule has 0 spiro atoms. The number of amides is 1. The monoisotopic (exact) mass is 222 g/mol. The Kier molecular flexibility index (Phi) is 3.24. The molecule has 2 N–H and O–H groups in total. The van der Waals surface area contributed by atoms with Crippen molar-refractivity contribution >= 4 is 5.91 Å². The predicted molar refractivity (Wildman–Crippen MR) is 60.9 cm³/mol. The van der Waals surface area contributed by atoms with Crippen LogP contribution in [0.5, 0.6) is 0 Å². The highest BCUT2D eigenvalue weighted by Crippen LogP contribution is 2.20. The Bertz CT molecular complexity index is 374. The topological polar surface area (TPSA) is 64.2 Å². The molecule has 1 atom stereocenters. The molecular formula is C11H18N4O. The minimum absolute atomic E-state index is 0.0418.